The Bertz CT molecular complexity index is 475. The van der Waals surface area contributed by atoms with Gasteiger partial charge in [-0.15, -0.1) is 24.0 Å². The summed E-state index contributed by atoms with van der Waals surface area (Å²) < 4.78 is 1.96. The van der Waals surface area contributed by atoms with Crippen LogP contribution >= 0.6 is 35.7 Å². The van der Waals surface area contributed by atoms with Crippen LogP contribution in [-0.2, 0) is 6.54 Å². The minimum atomic E-state index is 0. The molecule has 0 radical (unpaired) electrons. The van der Waals surface area contributed by atoms with E-state index in [1.165, 1.54) is 37.0 Å². The van der Waals surface area contributed by atoms with Gasteiger partial charge in [0, 0.05) is 31.1 Å². The van der Waals surface area contributed by atoms with Crippen molar-refractivity contribution in [1.29, 1.82) is 0 Å². The van der Waals surface area contributed by atoms with E-state index in [2.05, 4.69) is 52.5 Å². The molecular weight excluding hydrogens is 421 g/mol. The largest absolute Gasteiger partial charge is 0.355 e. The van der Waals surface area contributed by atoms with Crippen LogP contribution in [-0.4, -0.2) is 46.4 Å². The van der Waals surface area contributed by atoms with Crippen LogP contribution in [0.3, 0.4) is 0 Å². The lowest BCUT2D eigenvalue weighted by Gasteiger charge is -2.30. The molecule has 2 unspecified atom stereocenters. The standard InChI is InChI=1S/C16H29N5S.HI/c1-4-22-15-7-5-6-14(10-15)20-16(17-3)18-8-9-21-12-13(2)11-19-21;/h11-12,14-15H,4-10H2,1-3H3,(H2,17,18,20);1H. The number of nitrogens with zero attached hydrogens (tertiary/aromatic N) is 3. The number of aromatic nitrogens is 2. The number of thioether (sulfide) groups is 1. The average Bonchev–Trinajstić information content (AvgIpc) is 2.92. The van der Waals surface area contributed by atoms with Crippen molar-refractivity contribution >= 4 is 41.7 Å². The number of rotatable bonds is 6. The monoisotopic (exact) mass is 451 g/mol. The zero-order chi connectivity index (χ0) is 15.8. The first-order chi connectivity index (χ1) is 10.7. The first kappa shape index (κ1) is 20.6. The summed E-state index contributed by atoms with van der Waals surface area (Å²) in [4.78, 5) is 4.35. The molecule has 7 heteroatoms. The molecule has 0 aromatic carbocycles. The summed E-state index contributed by atoms with van der Waals surface area (Å²) in [5.74, 6) is 2.13. The van der Waals surface area contributed by atoms with Crippen molar-refractivity contribution < 1.29 is 0 Å². The maximum absolute atomic E-state index is 4.35. The van der Waals surface area contributed by atoms with Crippen molar-refractivity contribution in [2.45, 2.75) is 57.4 Å². The van der Waals surface area contributed by atoms with Crippen molar-refractivity contribution in [3.8, 4) is 0 Å². The third kappa shape index (κ3) is 7.32. The van der Waals surface area contributed by atoms with E-state index in [4.69, 9.17) is 0 Å². The number of nitrogens with one attached hydrogen (secondary N) is 2. The summed E-state index contributed by atoms with van der Waals surface area (Å²) in [6.45, 7) is 6.00. The predicted octanol–water partition coefficient (Wildman–Crippen LogP) is 3.04. The highest BCUT2D eigenvalue weighted by atomic mass is 127. The summed E-state index contributed by atoms with van der Waals surface area (Å²) in [6.07, 6.45) is 9.13. The van der Waals surface area contributed by atoms with Gasteiger partial charge in [0.15, 0.2) is 5.96 Å². The van der Waals surface area contributed by atoms with Gasteiger partial charge in [-0.1, -0.05) is 13.3 Å². The summed E-state index contributed by atoms with van der Waals surface area (Å²) in [5, 5.41) is 12.1. The molecule has 1 aliphatic rings. The van der Waals surface area contributed by atoms with Crippen molar-refractivity contribution in [3.63, 3.8) is 0 Å². The Kier molecular flexibility index (Phi) is 10.0. The van der Waals surface area contributed by atoms with Gasteiger partial charge in [0.25, 0.3) is 0 Å². The summed E-state index contributed by atoms with van der Waals surface area (Å²) >= 11 is 2.10. The number of halogens is 1. The number of aliphatic imine (C=N–C) groups is 1. The number of aryl methyl sites for hydroxylation is 1. The third-order valence-corrected chi connectivity index (χ3v) is 5.22. The van der Waals surface area contributed by atoms with Crippen LogP contribution in [0.25, 0.3) is 0 Å². The molecule has 1 heterocycles. The van der Waals surface area contributed by atoms with Crippen molar-refractivity contribution in [2.24, 2.45) is 4.99 Å². The molecule has 1 aromatic rings. The zero-order valence-corrected chi connectivity index (χ0v) is 17.6. The lowest BCUT2D eigenvalue weighted by molar-refractivity contribution is 0.418. The minimum absolute atomic E-state index is 0. The molecular formula is C16H30IN5S. The molecule has 1 fully saturated rings. The Hall–Kier alpha value is -0.440. The van der Waals surface area contributed by atoms with Gasteiger partial charge in [-0.25, -0.2) is 0 Å². The molecule has 0 aliphatic heterocycles. The van der Waals surface area contributed by atoms with E-state index >= 15 is 0 Å². The smallest absolute Gasteiger partial charge is 0.191 e. The molecule has 0 bridgehead atoms. The fraction of sp³-hybridized carbons (Fsp3) is 0.750. The molecule has 0 spiro atoms. The summed E-state index contributed by atoms with van der Waals surface area (Å²) in [7, 11) is 1.84. The normalized spacial score (nSPS) is 21.6. The van der Waals surface area contributed by atoms with Gasteiger partial charge >= 0.3 is 0 Å². The Morgan fingerprint density at radius 1 is 1.48 bits per heavy atom. The molecule has 2 rings (SSSR count). The van der Waals surface area contributed by atoms with Crippen LogP contribution in [0.5, 0.6) is 0 Å². The van der Waals surface area contributed by atoms with Crippen molar-refractivity contribution in [2.75, 3.05) is 19.3 Å². The van der Waals surface area contributed by atoms with E-state index in [9.17, 15) is 0 Å². The third-order valence-electron chi connectivity index (χ3n) is 3.99. The molecule has 132 valence electrons. The second-order valence-corrected chi connectivity index (χ2v) is 7.44. The van der Waals surface area contributed by atoms with Gasteiger partial charge < -0.3 is 10.6 Å². The second kappa shape index (κ2) is 11.2. The lowest BCUT2D eigenvalue weighted by atomic mass is 9.95. The topological polar surface area (TPSA) is 54.2 Å². The molecule has 2 N–H and O–H groups in total. The van der Waals surface area contributed by atoms with E-state index in [1.54, 1.807) is 0 Å². The molecule has 5 nitrogen and oxygen atoms in total. The first-order valence-corrected chi connectivity index (χ1v) is 9.34. The van der Waals surface area contributed by atoms with Crippen LogP contribution < -0.4 is 10.6 Å². The maximum atomic E-state index is 4.35. The summed E-state index contributed by atoms with van der Waals surface area (Å²) in [5.41, 5.74) is 1.20. The fourth-order valence-electron chi connectivity index (χ4n) is 2.93. The zero-order valence-electron chi connectivity index (χ0n) is 14.4. The van der Waals surface area contributed by atoms with Crippen LogP contribution in [0, 0.1) is 6.92 Å². The average molecular weight is 451 g/mol. The number of hydrogen-bond donors (Lipinski definition) is 2. The SMILES string of the molecule is CCSC1CCCC(NC(=NC)NCCn2cc(C)cn2)C1.I. The predicted molar refractivity (Wildman–Crippen MR) is 111 cm³/mol. The van der Waals surface area contributed by atoms with Crippen molar-refractivity contribution in [3.05, 3.63) is 18.0 Å². The molecule has 0 amide bonds. The van der Waals surface area contributed by atoms with E-state index in [-0.39, 0.29) is 24.0 Å². The van der Waals surface area contributed by atoms with Crippen LogP contribution in [0.15, 0.2) is 17.4 Å². The van der Waals surface area contributed by atoms with Gasteiger partial charge in [0.1, 0.15) is 0 Å². The maximum Gasteiger partial charge on any atom is 0.191 e. The molecule has 1 saturated carbocycles. The quantitative estimate of drug-likeness (QED) is 0.397. The Morgan fingerprint density at radius 2 is 2.30 bits per heavy atom. The highest BCUT2D eigenvalue weighted by Crippen LogP contribution is 2.28. The van der Waals surface area contributed by atoms with Gasteiger partial charge in [0.2, 0.25) is 0 Å². The number of hydrogen-bond acceptors (Lipinski definition) is 3. The Balaban J connectivity index is 0.00000264. The van der Waals surface area contributed by atoms with Crippen LogP contribution in [0.1, 0.15) is 38.2 Å². The van der Waals surface area contributed by atoms with E-state index in [1.807, 2.05) is 17.9 Å². The van der Waals surface area contributed by atoms with Gasteiger partial charge in [0.05, 0.1) is 12.7 Å². The van der Waals surface area contributed by atoms with E-state index in [0.717, 1.165) is 24.3 Å². The van der Waals surface area contributed by atoms with Crippen molar-refractivity contribution in [1.82, 2.24) is 20.4 Å². The Morgan fingerprint density at radius 3 is 2.96 bits per heavy atom. The summed E-state index contributed by atoms with van der Waals surface area (Å²) in [6, 6.07) is 0.552. The highest BCUT2D eigenvalue weighted by Gasteiger charge is 2.22. The van der Waals surface area contributed by atoms with E-state index in [0.29, 0.717) is 6.04 Å². The highest BCUT2D eigenvalue weighted by molar-refractivity contribution is 14.0. The number of guanidine groups is 1. The first-order valence-electron chi connectivity index (χ1n) is 8.29. The van der Waals surface area contributed by atoms with E-state index < -0.39 is 0 Å². The molecule has 23 heavy (non-hydrogen) atoms. The van der Waals surface area contributed by atoms with Gasteiger partial charge in [-0.3, -0.25) is 9.67 Å². The molecule has 1 aliphatic carbocycles. The fourth-order valence-corrected chi connectivity index (χ4v) is 4.10. The lowest BCUT2D eigenvalue weighted by Crippen LogP contribution is -2.46. The Labute approximate surface area is 161 Å². The molecule has 2 atom stereocenters. The van der Waals surface area contributed by atoms with Gasteiger partial charge in [-0.2, -0.15) is 16.9 Å². The second-order valence-electron chi connectivity index (χ2n) is 5.86. The minimum Gasteiger partial charge on any atom is -0.355 e. The molecule has 0 saturated heterocycles. The van der Waals surface area contributed by atoms with Crippen LogP contribution in [0.2, 0.25) is 0 Å². The molecule has 1 aromatic heterocycles. The van der Waals surface area contributed by atoms with Gasteiger partial charge in [-0.05, 0) is 37.5 Å². The van der Waals surface area contributed by atoms with Crippen LogP contribution in [0.4, 0.5) is 0 Å².